The maximum absolute atomic E-state index is 12.8. The molecule has 1 unspecified atom stereocenters. The van der Waals surface area contributed by atoms with Crippen LogP contribution in [0.3, 0.4) is 0 Å². The van der Waals surface area contributed by atoms with Crippen molar-refractivity contribution in [3.63, 3.8) is 0 Å². The fourth-order valence-electron chi connectivity index (χ4n) is 4.11. The Kier molecular flexibility index (Phi) is 8.60. The summed E-state index contributed by atoms with van der Waals surface area (Å²) in [5.41, 5.74) is 2.35. The minimum Gasteiger partial charge on any atom is -0.462 e. The minimum absolute atomic E-state index is 0.0347. The van der Waals surface area contributed by atoms with Crippen LogP contribution in [0.15, 0.2) is 29.3 Å². The second-order valence-electron chi connectivity index (χ2n) is 8.44. The summed E-state index contributed by atoms with van der Waals surface area (Å²) in [6.07, 6.45) is 3.18. The van der Waals surface area contributed by atoms with Crippen LogP contribution in [0.25, 0.3) is 0 Å². The number of piperidine rings is 1. The number of hydrogen-bond donors (Lipinski definition) is 1. The quantitative estimate of drug-likeness (QED) is 0.571. The Morgan fingerprint density at radius 3 is 2.56 bits per heavy atom. The van der Waals surface area contributed by atoms with Crippen LogP contribution in [0.4, 0.5) is 0 Å². The van der Waals surface area contributed by atoms with Crippen molar-refractivity contribution in [2.24, 2.45) is 0 Å². The maximum atomic E-state index is 12.8. The lowest BCUT2D eigenvalue weighted by molar-refractivity contribution is -0.122. The third-order valence-electron chi connectivity index (χ3n) is 5.76. The second-order valence-corrected chi connectivity index (χ2v) is 9.73. The molecule has 1 saturated heterocycles. The summed E-state index contributed by atoms with van der Waals surface area (Å²) in [6, 6.07) is 7.35. The Hall–Kier alpha value is -3.01. The molecule has 1 aromatic carbocycles. The van der Waals surface area contributed by atoms with Crippen molar-refractivity contribution in [1.82, 2.24) is 20.0 Å². The highest BCUT2D eigenvalue weighted by atomic mass is 32.2. The third-order valence-corrected chi connectivity index (χ3v) is 6.71. The molecule has 0 radical (unpaired) electrons. The molecule has 1 fully saturated rings. The summed E-state index contributed by atoms with van der Waals surface area (Å²) in [5, 5.41) is 7.59. The molecule has 1 N–H and O–H groups in total. The lowest BCUT2D eigenvalue weighted by atomic mass is 10.0. The first kappa shape index (κ1) is 25.6. The van der Waals surface area contributed by atoms with E-state index in [1.54, 1.807) is 18.7 Å². The number of carbonyl (C=O) groups excluding carboxylic acids is 3. The van der Waals surface area contributed by atoms with Crippen molar-refractivity contribution in [2.75, 3.05) is 26.0 Å². The van der Waals surface area contributed by atoms with E-state index in [0.29, 0.717) is 24.3 Å². The van der Waals surface area contributed by atoms with E-state index >= 15 is 0 Å². The summed E-state index contributed by atoms with van der Waals surface area (Å²) in [6.45, 7) is 6.83. The molecule has 1 aliphatic heterocycles. The van der Waals surface area contributed by atoms with Crippen LogP contribution in [0.1, 0.15) is 58.2 Å². The molecule has 0 aliphatic carbocycles. The molecule has 1 aromatic heterocycles. The highest BCUT2D eigenvalue weighted by Gasteiger charge is 2.27. The van der Waals surface area contributed by atoms with E-state index < -0.39 is 16.8 Å². The number of ether oxygens (including phenoxy) is 1. The molecule has 184 valence electrons. The van der Waals surface area contributed by atoms with Gasteiger partial charge in [0.15, 0.2) is 0 Å². The van der Waals surface area contributed by atoms with Gasteiger partial charge >= 0.3 is 5.97 Å². The monoisotopic (exact) mass is 488 g/mol. The molecule has 1 aliphatic rings. The normalized spacial score (nSPS) is 16.7. The number of aromatic nitrogens is 2. The zero-order valence-electron chi connectivity index (χ0n) is 20.1. The number of carbonyl (C=O) groups is 3. The Morgan fingerprint density at radius 2 is 1.91 bits per heavy atom. The van der Waals surface area contributed by atoms with Gasteiger partial charge in [-0.05, 0) is 45.7 Å². The van der Waals surface area contributed by atoms with Gasteiger partial charge in [-0.2, -0.15) is 5.10 Å². The van der Waals surface area contributed by atoms with Crippen LogP contribution in [-0.2, 0) is 26.9 Å². The molecule has 0 spiro atoms. The summed E-state index contributed by atoms with van der Waals surface area (Å²) in [5.74, 6) is -0.790. The lowest BCUT2D eigenvalue weighted by Crippen LogP contribution is -2.49. The van der Waals surface area contributed by atoms with Crippen LogP contribution in [0.2, 0.25) is 0 Å². The highest BCUT2D eigenvalue weighted by Crippen LogP contribution is 2.20. The van der Waals surface area contributed by atoms with Crippen LogP contribution in [-0.4, -0.2) is 68.7 Å². The summed E-state index contributed by atoms with van der Waals surface area (Å²) in [7, 11) is -1.48. The molecule has 3 rings (SSSR count). The van der Waals surface area contributed by atoms with Crippen LogP contribution < -0.4 is 5.32 Å². The fraction of sp³-hybridized carbons (Fsp3) is 0.500. The van der Waals surface area contributed by atoms with Gasteiger partial charge in [-0.15, -0.1) is 0 Å². The SMILES string of the molecule is CCOC(=O)c1c(C)nn(CCC(=O)N[C@H]2CCCN(C(=O)c3ccc(C)cc3)C2)c1S(C)=O. The van der Waals surface area contributed by atoms with E-state index in [0.717, 1.165) is 18.4 Å². The zero-order valence-corrected chi connectivity index (χ0v) is 20.9. The van der Waals surface area contributed by atoms with Gasteiger partial charge in [-0.25, -0.2) is 4.79 Å². The van der Waals surface area contributed by atoms with Gasteiger partial charge in [0, 0.05) is 37.4 Å². The average Bonchev–Trinajstić information content (AvgIpc) is 3.14. The molecule has 34 heavy (non-hydrogen) atoms. The minimum atomic E-state index is -1.48. The third kappa shape index (κ3) is 6.11. The van der Waals surface area contributed by atoms with E-state index in [4.69, 9.17) is 4.74 Å². The zero-order chi connectivity index (χ0) is 24.8. The van der Waals surface area contributed by atoms with Crippen LogP contribution in [0, 0.1) is 13.8 Å². The van der Waals surface area contributed by atoms with Crippen molar-refractivity contribution in [3.05, 3.63) is 46.6 Å². The Bertz CT molecular complexity index is 1080. The molecule has 10 heteroatoms. The molecule has 2 heterocycles. The van der Waals surface area contributed by atoms with E-state index in [9.17, 15) is 18.6 Å². The Labute approximate surface area is 202 Å². The van der Waals surface area contributed by atoms with Crippen LogP contribution >= 0.6 is 0 Å². The summed E-state index contributed by atoms with van der Waals surface area (Å²) < 4.78 is 18.8. The number of nitrogens with one attached hydrogen (secondary N) is 1. The molecular weight excluding hydrogens is 456 g/mol. The van der Waals surface area contributed by atoms with Crippen molar-refractivity contribution in [3.8, 4) is 0 Å². The second kappa shape index (κ2) is 11.4. The number of nitrogens with zero attached hydrogens (tertiary/aromatic N) is 3. The van der Waals surface area contributed by atoms with Gasteiger partial charge in [0.1, 0.15) is 10.6 Å². The number of amides is 2. The predicted octanol–water partition coefficient (Wildman–Crippen LogP) is 2.23. The molecule has 2 aromatic rings. The highest BCUT2D eigenvalue weighted by molar-refractivity contribution is 7.84. The first-order chi connectivity index (χ1) is 16.2. The fourth-order valence-corrected chi connectivity index (χ4v) is 5.06. The van der Waals surface area contributed by atoms with Crippen molar-refractivity contribution in [1.29, 1.82) is 0 Å². The molecule has 2 amide bonds. The topological polar surface area (TPSA) is 111 Å². The van der Waals surface area contributed by atoms with Gasteiger partial charge in [-0.1, -0.05) is 17.7 Å². The molecular formula is C24H32N4O5S. The number of hydrogen-bond acceptors (Lipinski definition) is 6. The molecule has 0 bridgehead atoms. The maximum Gasteiger partial charge on any atom is 0.342 e. The van der Waals surface area contributed by atoms with E-state index in [1.807, 2.05) is 31.2 Å². The van der Waals surface area contributed by atoms with E-state index in [2.05, 4.69) is 10.4 Å². The summed E-state index contributed by atoms with van der Waals surface area (Å²) >= 11 is 0. The summed E-state index contributed by atoms with van der Waals surface area (Å²) in [4.78, 5) is 39.5. The number of esters is 1. The molecule has 9 nitrogen and oxygen atoms in total. The molecule has 2 atom stereocenters. The van der Waals surface area contributed by atoms with Gasteiger partial charge in [0.05, 0.1) is 29.6 Å². The van der Waals surface area contributed by atoms with Gasteiger partial charge in [0.25, 0.3) is 5.91 Å². The smallest absolute Gasteiger partial charge is 0.342 e. The number of likely N-dealkylation sites (tertiary alicyclic amines) is 1. The van der Waals surface area contributed by atoms with Crippen molar-refractivity contribution >= 4 is 28.6 Å². The number of benzene rings is 1. The Balaban J connectivity index is 1.60. The van der Waals surface area contributed by atoms with Gasteiger partial charge < -0.3 is 15.0 Å². The van der Waals surface area contributed by atoms with Gasteiger partial charge in [-0.3, -0.25) is 18.5 Å². The first-order valence-corrected chi connectivity index (χ1v) is 13.0. The van der Waals surface area contributed by atoms with Crippen molar-refractivity contribution < 1.29 is 23.3 Å². The van der Waals surface area contributed by atoms with Crippen molar-refractivity contribution in [2.45, 2.75) is 57.6 Å². The first-order valence-electron chi connectivity index (χ1n) is 11.4. The largest absolute Gasteiger partial charge is 0.462 e. The number of rotatable bonds is 8. The standard InChI is InChI=1S/C24H32N4O5S/c1-5-33-24(31)21-17(3)26-28(23(21)34(4)32)14-12-20(29)25-19-7-6-13-27(15-19)22(30)18-10-8-16(2)9-11-18/h8-11,19H,5-7,12-15H2,1-4H3,(H,25,29)/t19-,34?/m0/s1. The Morgan fingerprint density at radius 1 is 1.21 bits per heavy atom. The van der Waals surface area contributed by atoms with E-state index in [1.165, 1.54) is 10.9 Å². The average molecular weight is 489 g/mol. The van der Waals surface area contributed by atoms with E-state index in [-0.39, 0.29) is 48.0 Å². The lowest BCUT2D eigenvalue weighted by Gasteiger charge is -2.33. The predicted molar refractivity (Wildman–Crippen MR) is 128 cm³/mol. The van der Waals surface area contributed by atoms with Gasteiger partial charge in [0.2, 0.25) is 5.91 Å². The van der Waals surface area contributed by atoms with Crippen LogP contribution in [0.5, 0.6) is 0 Å². The molecule has 0 saturated carbocycles. The number of aryl methyl sites for hydroxylation is 3.